The number of methoxy groups -OCH3 is 1. The van der Waals surface area contributed by atoms with Gasteiger partial charge in [0.05, 0.1) is 18.0 Å². The van der Waals surface area contributed by atoms with E-state index in [2.05, 4.69) is 15.3 Å². The standard InChI is InChI=1S/C20H22N4O2S/c1-13-16-17(18(27-13)20(25)24-9-3-4-10-24)22-12-23-19(16)21-11-14-5-7-15(26-2)8-6-14/h5-8,12H,3-4,9-11H2,1-2H3,(H,21,22,23). The summed E-state index contributed by atoms with van der Waals surface area (Å²) in [7, 11) is 1.66. The summed E-state index contributed by atoms with van der Waals surface area (Å²) in [5.41, 5.74) is 1.88. The molecule has 0 unspecified atom stereocenters. The highest BCUT2D eigenvalue weighted by molar-refractivity contribution is 7.15. The normalized spacial score (nSPS) is 13.9. The number of nitrogens with one attached hydrogen (secondary N) is 1. The van der Waals surface area contributed by atoms with Crippen molar-refractivity contribution in [2.45, 2.75) is 26.3 Å². The molecule has 1 aromatic carbocycles. The Morgan fingerprint density at radius 3 is 2.67 bits per heavy atom. The van der Waals surface area contributed by atoms with Crippen LogP contribution in [0.5, 0.6) is 5.75 Å². The fourth-order valence-electron chi connectivity index (χ4n) is 3.42. The Kier molecular flexibility index (Phi) is 4.94. The van der Waals surface area contributed by atoms with Gasteiger partial charge in [0.25, 0.3) is 5.91 Å². The molecule has 2 aromatic heterocycles. The van der Waals surface area contributed by atoms with Crippen molar-refractivity contribution < 1.29 is 9.53 Å². The molecule has 0 atom stereocenters. The Bertz CT molecular complexity index is 962. The van der Waals surface area contributed by atoms with Crippen LogP contribution in [0.15, 0.2) is 30.6 Å². The third kappa shape index (κ3) is 3.47. The van der Waals surface area contributed by atoms with Crippen molar-refractivity contribution in [1.29, 1.82) is 0 Å². The van der Waals surface area contributed by atoms with E-state index >= 15 is 0 Å². The molecule has 1 aliphatic heterocycles. The lowest BCUT2D eigenvalue weighted by molar-refractivity contribution is 0.0799. The first-order valence-electron chi connectivity index (χ1n) is 9.07. The van der Waals surface area contributed by atoms with Crippen LogP contribution < -0.4 is 10.1 Å². The number of nitrogens with zero attached hydrogens (tertiary/aromatic N) is 3. The number of ether oxygens (including phenoxy) is 1. The summed E-state index contributed by atoms with van der Waals surface area (Å²) in [4.78, 5) is 25.4. The van der Waals surface area contributed by atoms with Crippen molar-refractivity contribution in [1.82, 2.24) is 14.9 Å². The number of benzene rings is 1. The minimum Gasteiger partial charge on any atom is -0.497 e. The lowest BCUT2D eigenvalue weighted by atomic mass is 10.2. The molecule has 0 radical (unpaired) electrons. The summed E-state index contributed by atoms with van der Waals surface area (Å²) in [6, 6.07) is 7.92. The Balaban J connectivity index is 1.60. The van der Waals surface area contributed by atoms with E-state index in [0.717, 1.165) is 63.7 Å². The van der Waals surface area contributed by atoms with Gasteiger partial charge < -0.3 is 15.0 Å². The molecule has 1 saturated heterocycles. The van der Waals surface area contributed by atoms with Gasteiger partial charge in [-0.3, -0.25) is 4.79 Å². The van der Waals surface area contributed by atoms with Crippen molar-refractivity contribution in [3.8, 4) is 5.75 Å². The third-order valence-corrected chi connectivity index (χ3v) is 5.96. The van der Waals surface area contributed by atoms with Crippen LogP contribution in [0, 0.1) is 6.92 Å². The summed E-state index contributed by atoms with van der Waals surface area (Å²) in [6.07, 6.45) is 3.70. The van der Waals surface area contributed by atoms with Gasteiger partial charge >= 0.3 is 0 Å². The Hall–Kier alpha value is -2.67. The van der Waals surface area contributed by atoms with Gasteiger partial charge in [-0.05, 0) is 37.5 Å². The number of hydrogen-bond donors (Lipinski definition) is 1. The molecular formula is C20H22N4O2S. The zero-order valence-corrected chi connectivity index (χ0v) is 16.3. The van der Waals surface area contributed by atoms with E-state index in [9.17, 15) is 4.79 Å². The molecule has 1 amide bonds. The summed E-state index contributed by atoms with van der Waals surface area (Å²) in [6.45, 7) is 4.34. The molecule has 27 heavy (non-hydrogen) atoms. The van der Waals surface area contributed by atoms with Crippen molar-refractivity contribution in [3.63, 3.8) is 0 Å². The molecule has 1 fully saturated rings. The molecule has 3 aromatic rings. The molecule has 0 aliphatic carbocycles. The van der Waals surface area contributed by atoms with Gasteiger partial charge in [-0.15, -0.1) is 11.3 Å². The predicted octanol–water partition coefficient (Wildman–Crippen LogP) is 3.86. The van der Waals surface area contributed by atoms with Crippen molar-refractivity contribution >= 4 is 34.0 Å². The number of aromatic nitrogens is 2. The zero-order chi connectivity index (χ0) is 18.8. The van der Waals surface area contributed by atoms with E-state index < -0.39 is 0 Å². The lowest BCUT2D eigenvalue weighted by Gasteiger charge is -2.13. The van der Waals surface area contributed by atoms with Crippen LogP contribution in [0.2, 0.25) is 0 Å². The van der Waals surface area contributed by atoms with Gasteiger partial charge in [0.2, 0.25) is 0 Å². The molecule has 6 nitrogen and oxygen atoms in total. The van der Waals surface area contributed by atoms with Gasteiger partial charge in [0.1, 0.15) is 22.8 Å². The van der Waals surface area contributed by atoms with Crippen molar-refractivity contribution in [2.75, 3.05) is 25.5 Å². The van der Waals surface area contributed by atoms with Crippen LogP contribution in [0.25, 0.3) is 10.9 Å². The first kappa shape index (κ1) is 17.7. The quantitative estimate of drug-likeness (QED) is 0.726. The maximum atomic E-state index is 12.9. The van der Waals surface area contributed by atoms with E-state index in [1.54, 1.807) is 7.11 Å². The van der Waals surface area contributed by atoms with Gasteiger partial charge in [-0.1, -0.05) is 12.1 Å². The second-order valence-corrected chi connectivity index (χ2v) is 7.86. The minimum atomic E-state index is 0.0930. The molecule has 0 spiro atoms. The van der Waals surface area contributed by atoms with E-state index in [0.29, 0.717) is 6.54 Å². The van der Waals surface area contributed by atoms with Gasteiger partial charge in [-0.25, -0.2) is 9.97 Å². The summed E-state index contributed by atoms with van der Waals surface area (Å²) < 4.78 is 5.20. The van der Waals surface area contributed by atoms with Crippen LogP contribution in [0.3, 0.4) is 0 Å². The number of fused-ring (bicyclic) bond motifs is 1. The average molecular weight is 382 g/mol. The van der Waals surface area contributed by atoms with Crippen molar-refractivity contribution in [2.24, 2.45) is 0 Å². The maximum Gasteiger partial charge on any atom is 0.266 e. The molecule has 1 N–H and O–H groups in total. The molecule has 7 heteroatoms. The number of carbonyl (C=O) groups excluding carboxylic acids is 1. The Morgan fingerprint density at radius 2 is 1.96 bits per heavy atom. The monoisotopic (exact) mass is 382 g/mol. The topological polar surface area (TPSA) is 67.3 Å². The first-order chi connectivity index (χ1) is 13.2. The molecule has 1 aliphatic rings. The number of carbonyl (C=O) groups is 1. The SMILES string of the molecule is COc1ccc(CNc2ncnc3c(C(=O)N4CCCC4)sc(C)c23)cc1. The van der Waals surface area contributed by atoms with Gasteiger partial charge in [-0.2, -0.15) is 0 Å². The number of likely N-dealkylation sites (tertiary alicyclic amines) is 1. The average Bonchev–Trinajstić information content (AvgIpc) is 3.35. The predicted molar refractivity (Wildman–Crippen MR) is 108 cm³/mol. The van der Waals surface area contributed by atoms with E-state index in [4.69, 9.17) is 4.74 Å². The van der Waals surface area contributed by atoms with E-state index in [1.165, 1.54) is 17.7 Å². The summed E-state index contributed by atoms with van der Waals surface area (Å²) in [5.74, 6) is 1.70. The van der Waals surface area contributed by atoms with E-state index in [1.807, 2.05) is 36.1 Å². The van der Waals surface area contributed by atoms with Crippen molar-refractivity contribution in [3.05, 3.63) is 45.9 Å². The fraction of sp³-hybridized carbons (Fsp3) is 0.350. The number of thiophene rings is 1. The number of hydrogen-bond acceptors (Lipinski definition) is 6. The van der Waals surface area contributed by atoms with Gasteiger partial charge in [0.15, 0.2) is 0 Å². The zero-order valence-electron chi connectivity index (χ0n) is 15.5. The largest absolute Gasteiger partial charge is 0.497 e. The number of aryl methyl sites for hydroxylation is 1. The second-order valence-electron chi connectivity index (χ2n) is 6.63. The van der Waals surface area contributed by atoms with Crippen LogP contribution in [0.1, 0.15) is 33.0 Å². The van der Waals surface area contributed by atoms with Crippen LogP contribution in [-0.4, -0.2) is 41.0 Å². The third-order valence-electron chi connectivity index (χ3n) is 4.88. The first-order valence-corrected chi connectivity index (χ1v) is 9.89. The number of rotatable bonds is 5. The van der Waals surface area contributed by atoms with Crippen LogP contribution in [-0.2, 0) is 6.54 Å². The highest BCUT2D eigenvalue weighted by Gasteiger charge is 2.25. The Labute approximate surface area is 162 Å². The second kappa shape index (κ2) is 7.52. The van der Waals surface area contributed by atoms with E-state index in [-0.39, 0.29) is 5.91 Å². The number of anilines is 1. The molecule has 140 valence electrons. The van der Waals surface area contributed by atoms with Crippen LogP contribution in [0.4, 0.5) is 5.82 Å². The van der Waals surface area contributed by atoms with Gasteiger partial charge in [0, 0.05) is 24.5 Å². The molecule has 0 bridgehead atoms. The molecule has 4 rings (SSSR count). The highest BCUT2D eigenvalue weighted by Crippen LogP contribution is 2.34. The smallest absolute Gasteiger partial charge is 0.266 e. The molecule has 0 saturated carbocycles. The Morgan fingerprint density at radius 1 is 1.22 bits per heavy atom. The molecular weight excluding hydrogens is 360 g/mol. The summed E-state index contributed by atoms with van der Waals surface area (Å²) in [5, 5.41) is 4.34. The fourth-order valence-corrected chi connectivity index (χ4v) is 4.49. The number of amides is 1. The highest BCUT2D eigenvalue weighted by atomic mass is 32.1. The maximum absolute atomic E-state index is 12.9. The van der Waals surface area contributed by atoms with Crippen LogP contribution >= 0.6 is 11.3 Å². The minimum absolute atomic E-state index is 0.0930. The molecule has 3 heterocycles. The lowest BCUT2D eigenvalue weighted by Crippen LogP contribution is -2.27. The summed E-state index contributed by atoms with van der Waals surface area (Å²) >= 11 is 1.51.